The van der Waals surface area contributed by atoms with Gasteiger partial charge >= 0.3 is 0 Å². The van der Waals surface area contributed by atoms with Crippen molar-refractivity contribution in [3.05, 3.63) is 81.4 Å². The zero-order chi connectivity index (χ0) is 35.4. The second kappa shape index (κ2) is 12.9. The first kappa shape index (κ1) is 34.0. The Morgan fingerprint density at radius 2 is 1.69 bits per heavy atom. The van der Waals surface area contributed by atoms with Crippen LogP contribution in [0.25, 0.3) is 0 Å². The highest BCUT2D eigenvalue weighted by molar-refractivity contribution is 6.31. The number of methoxy groups -OCH3 is 1. The fourth-order valence-electron chi connectivity index (χ4n) is 6.92. The minimum Gasteiger partial charge on any atom is -0.508 e. The maximum absolute atomic E-state index is 13.9. The third-order valence-corrected chi connectivity index (χ3v) is 9.41. The van der Waals surface area contributed by atoms with Crippen LogP contribution < -0.4 is 10.1 Å². The summed E-state index contributed by atoms with van der Waals surface area (Å²) in [5, 5.41) is 67.5. The third-order valence-electron chi connectivity index (χ3n) is 9.41. The number of hydrogen-bond donors (Lipinski definition) is 7. The molecule has 0 bridgehead atoms. The van der Waals surface area contributed by atoms with E-state index in [0.717, 1.165) is 0 Å². The number of fused-ring (bicyclic) bond motifs is 3. The van der Waals surface area contributed by atoms with Gasteiger partial charge < -0.3 is 50.2 Å². The zero-order valence-electron chi connectivity index (χ0n) is 26.5. The lowest BCUT2D eigenvalue weighted by molar-refractivity contribution is -0.249. The first-order chi connectivity index (χ1) is 23.3. The number of rotatable bonds is 8. The molecule has 1 saturated heterocycles. The molecule has 1 aliphatic heterocycles. The molecule has 6 rings (SSSR count). The average molecular weight is 678 g/mol. The summed E-state index contributed by atoms with van der Waals surface area (Å²) in [4.78, 5) is 53.3. The average Bonchev–Trinajstić information content (AvgIpc) is 3.07. The molecule has 1 heterocycles. The number of ether oxygens (including phenoxy) is 3. The predicted molar refractivity (Wildman–Crippen MR) is 168 cm³/mol. The molecule has 14 nitrogen and oxygen atoms in total. The Kier molecular flexibility index (Phi) is 8.94. The number of amides is 1. The van der Waals surface area contributed by atoms with E-state index in [1.165, 1.54) is 44.4 Å². The largest absolute Gasteiger partial charge is 0.508 e. The van der Waals surface area contributed by atoms with Crippen LogP contribution in [0.5, 0.6) is 23.0 Å². The highest BCUT2D eigenvalue weighted by Gasteiger charge is 2.50. The molecule has 1 fully saturated rings. The van der Waals surface area contributed by atoms with E-state index in [2.05, 4.69) is 5.32 Å². The van der Waals surface area contributed by atoms with Gasteiger partial charge in [0.1, 0.15) is 41.3 Å². The molecule has 0 spiro atoms. The fraction of sp³-hybridized carbons (Fsp3) is 0.371. The number of aromatic hydroxyl groups is 3. The van der Waals surface area contributed by atoms with Gasteiger partial charge in [-0.3, -0.25) is 19.2 Å². The smallest absolute Gasteiger partial charge is 0.224 e. The van der Waals surface area contributed by atoms with E-state index in [9.17, 15) is 49.8 Å². The fourth-order valence-corrected chi connectivity index (χ4v) is 6.92. The summed E-state index contributed by atoms with van der Waals surface area (Å²) in [5.41, 5.74) is -3.39. The maximum Gasteiger partial charge on any atom is 0.224 e. The van der Waals surface area contributed by atoms with Crippen LogP contribution in [0.3, 0.4) is 0 Å². The number of aliphatic hydroxyl groups is 3. The van der Waals surface area contributed by atoms with Crippen molar-refractivity contribution in [2.75, 3.05) is 13.7 Å². The molecule has 0 aromatic heterocycles. The Hall–Kier alpha value is -4.86. The number of hydrogen-bond acceptors (Lipinski definition) is 13. The second-order valence-electron chi connectivity index (χ2n) is 12.5. The van der Waals surface area contributed by atoms with E-state index in [4.69, 9.17) is 14.2 Å². The molecule has 2 aliphatic carbocycles. The summed E-state index contributed by atoms with van der Waals surface area (Å²) in [6, 6.07) is 9.44. The van der Waals surface area contributed by atoms with Gasteiger partial charge in [0.25, 0.3) is 0 Å². The van der Waals surface area contributed by atoms with Crippen LogP contribution in [0.1, 0.15) is 74.4 Å². The lowest BCUT2D eigenvalue weighted by Crippen LogP contribution is -2.56. The van der Waals surface area contributed by atoms with E-state index in [-0.39, 0.29) is 46.6 Å². The molecule has 0 unspecified atom stereocenters. The van der Waals surface area contributed by atoms with Crippen LogP contribution in [0.15, 0.2) is 42.5 Å². The van der Waals surface area contributed by atoms with E-state index in [0.29, 0.717) is 5.56 Å². The van der Waals surface area contributed by atoms with Crippen molar-refractivity contribution in [1.29, 1.82) is 0 Å². The molecule has 3 aromatic carbocycles. The van der Waals surface area contributed by atoms with Gasteiger partial charge in [0.05, 0.1) is 48.5 Å². The molecule has 3 aromatic rings. The van der Waals surface area contributed by atoms with Gasteiger partial charge in [-0.05, 0) is 30.7 Å². The van der Waals surface area contributed by atoms with Gasteiger partial charge in [0, 0.05) is 36.0 Å². The quantitative estimate of drug-likeness (QED) is 0.130. The molecule has 49 heavy (non-hydrogen) atoms. The van der Waals surface area contributed by atoms with Crippen molar-refractivity contribution < 1.29 is 64.0 Å². The molecule has 6 atom stereocenters. The first-order valence-corrected chi connectivity index (χ1v) is 15.6. The van der Waals surface area contributed by atoms with Gasteiger partial charge in [-0.15, -0.1) is 0 Å². The normalized spacial score (nSPS) is 25.9. The number of phenols is 3. The molecule has 0 radical (unpaired) electrons. The first-order valence-electron chi connectivity index (χ1n) is 15.6. The monoisotopic (exact) mass is 677 g/mol. The standard InChI is InChI=1S/C35H35NO13/c1-15-30(41)20(36-24(40)10-16-6-8-17(38)9-7-16)11-25(48-15)49-22-13-35(46,23(39)14-37)12-19-27(22)34(45)29-28(32(19)43)31(42)18-4-3-5-21(47-2)26(18)33(29)44/h3-9,15,20,22,25,30,37-38,41,43,45-46H,10-14H2,1-2H3,(H,36,40)/t15-,20-,22-,25-,30+,35-/m0/s1. The predicted octanol–water partition coefficient (Wildman–Crippen LogP) is 1.11. The highest BCUT2D eigenvalue weighted by Crippen LogP contribution is 2.52. The van der Waals surface area contributed by atoms with Crippen molar-refractivity contribution in [2.45, 2.75) is 68.9 Å². The Balaban J connectivity index is 1.36. The number of nitrogens with one attached hydrogen (secondary N) is 1. The van der Waals surface area contributed by atoms with E-state index in [1.54, 1.807) is 12.1 Å². The zero-order valence-corrected chi connectivity index (χ0v) is 26.5. The van der Waals surface area contributed by atoms with Crippen LogP contribution in [0.4, 0.5) is 0 Å². The number of carbonyl (C=O) groups excluding carboxylic acids is 4. The third kappa shape index (κ3) is 5.91. The molecule has 14 heteroatoms. The Morgan fingerprint density at radius 1 is 1.00 bits per heavy atom. The Morgan fingerprint density at radius 3 is 2.37 bits per heavy atom. The molecule has 0 saturated carbocycles. The molecular weight excluding hydrogens is 642 g/mol. The number of benzene rings is 3. The van der Waals surface area contributed by atoms with Gasteiger partial charge in [-0.25, -0.2) is 0 Å². The van der Waals surface area contributed by atoms with Gasteiger partial charge in [0.15, 0.2) is 17.9 Å². The summed E-state index contributed by atoms with van der Waals surface area (Å²) in [7, 11) is 1.31. The van der Waals surface area contributed by atoms with Gasteiger partial charge in [-0.2, -0.15) is 0 Å². The van der Waals surface area contributed by atoms with Gasteiger partial charge in [-0.1, -0.05) is 24.3 Å². The van der Waals surface area contributed by atoms with Crippen LogP contribution >= 0.6 is 0 Å². The van der Waals surface area contributed by atoms with Crippen molar-refractivity contribution >= 4 is 23.3 Å². The lowest BCUT2D eigenvalue weighted by Gasteiger charge is -2.43. The maximum atomic E-state index is 13.9. The van der Waals surface area contributed by atoms with Gasteiger partial charge in [0.2, 0.25) is 11.7 Å². The minimum atomic E-state index is -2.33. The van der Waals surface area contributed by atoms with E-state index >= 15 is 0 Å². The van der Waals surface area contributed by atoms with Crippen LogP contribution in [0.2, 0.25) is 0 Å². The van der Waals surface area contributed by atoms with Crippen LogP contribution in [-0.4, -0.2) is 97.8 Å². The molecule has 258 valence electrons. The summed E-state index contributed by atoms with van der Waals surface area (Å²) < 4.78 is 17.4. The second-order valence-corrected chi connectivity index (χ2v) is 12.5. The number of phenolic OH excluding ortho intramolecular Hbond substituents is 3. The van der Waals surface area contributed by atoms with Crippen molar-refractivity contribution in [3.8, 4) is 23.0 Å². The summed E-state index contributed by atoms with van der Waals surface area (Å²) in [6.07, 6.45) is -6.12. The number of carbonyl (C=O) groups is 4. The number of ketones is 3. The summed E-state index contributed by atoms with van der Waals surface area (Å²) in [5.74, 6) is -4.45. The summed E-state index contributed by atoms with van der Waals surface area (Å²) in [6.45, 7) is 0.466. The highest BCUT2D eigenvalue weighted by atomic mass is 16.7. The topological polar surface area (TPSA) is 229 Å². The van der Waals surface area contributed by atoms with E-state index in [1.807, 2.05) is 0 Å². The molecule has 7 N–H and O–H groups in total. The molecular formula is C35H35NO13. The van der Waals surface area contributed by atoms with Crippen molar-refractivity contribution in [3.63, 3.8) is 0 Å². The molecule has 3 aliphatic rings. The lowest BCUT2D eigenvalue weighted by atomic mass is 9.72. The van der Waals surface area contributed by atoms with E-state index < -0.39 is 102 Å². The molecule has 1 amide bonds. The number of Topliss-reactive ketones (excluding diaryl/α,β-unsaturated/α-hetero) is 1. The number of aliphatic hydroxyl groups excluding tert-OH is 2. The minimum absolute atomic E-state index is 0.0371. The van der Waals surface area contributed by atoms with Crippen LogP contribution in [0, 0.1) is 0 Å². The Labute approximate surface area is 279 Å². The summed E-state index contributed by atoms with van der Waals surface area (Å²) >= 11 is 0. The Bertz CT molecular complexity index is 1860. The van der Waals surface area contributed by atoms with Crippen molar-refractivity contribution in [2.24, 2.45) is 0 Å². The van der Waals surface area contributed by atoms with Crippen LogP contribution in [-0.2, 0) is 31.9 Å². The SMILES string of the molecule is COc1cccc2c1C(=O)c1c(O)c3c(c(O)c1C2=O)C[C@@](O)(C(=O)CO)C[C@@H]3O[C@H]1C[C@H](NC(=O)Cc2ccc(O)cc2)[C@H](O)[C@H](C)O1. The van der Waals surface area contributed by atoms with Crippen molar-refractivity contribution in [1.82, 2.24) is 5.32 Å².